The molecule has 1 aliphatic heterocycles. The third kappa shape index (κ3) is 4.84. The molecule has 0 aromatic rings. The van der Waals surface area contributed by atoms with E-state index in [0.717, 1.165) is 13.1 Å². The summed E-state index contributed by atoms with van der Waals surface area (Å²) < 4.78 is 5.23. The maximum absolute atomic E-state index is 11.6. The Balaban J connectivity index is 2.32. The van der Waals surface area contributed by atoms with Gasteiger partial charge in [-0.25, -0.2) is 4.79 Å². The number of hydrogen-bond donors (Lipinski definition) is 2. The Bertz CT molecular complexity index is 230. The second-order valence-corrected chi connectivity index (χ2v) is 5.54. The Morgan fingerprint density at radius 2 is 2.19 bits per heavy atom. The van der Waals surface area contributed by atoms with Crippen molar-refractivity contribution in [3.8, 4) is 0 Å². The van der Waals surface area contributed by atoms with E-state index in [-0.39, 0.29) is 12.1 Å². The molecule has 1 aliphatic rings. The van der Waals surface area contributed by atoms with Crippen molar-refractivity contribution in [3.63, 3.8) is 0 Å². The first-order valence-corrected chi connectivity index (χ1v) is 6.09. The minimum absolute atomic E-state index is 0.169. The van der Waals surface area contributed by atoms with Gasteiger partial charge in [0, 0.05) is 6.04 Å². The predicted molar refractivity (Wildman–Crippen MR) is 64.4 cm³/mol. The lowest BCUT2D eigenvalue weighted by atomic mass is 9.93. The van der Waals surface area contributed by atoms with Gasteiger partial charge in [-0.2, -0.15) is 0 Å². The van der Waals surface area contributed by atoms with Crippen LogP contribution in [-0.4, -0.2) is 30.8 Å². The molecule has 0 spiro atoms. The van der Waals surface area contributed by atoms with Crippen molar-refractivity contribution in [2.24, 2.45) is 5.92 Å². The fourth-order valence-corrected chi connectivity index (χ4v) is 1.92. The van der Waals surface area contributed by atoms with Crippen LogP contribution in [0.15, 0.2) is 0 Å². The van der Waals surface area contributed by atoms with Gasteiger partial charge in [-0.1, -0.05) is 0 Å². The number of piperidine rings is 1. The number of rotatable bonds is 2. The molecular formula is C12H24N2O2. The zero-order valence-corrected chi connectivity index (χ0v) is 10.8. The summed E-state index contributed by atoms with van der Waals surface area (Å²) in [5.74, 6) is 0.515. The minimum atomic E-state index is -0.422. The van der Waals surface area contributed by atoms with E-state index in [9.17, 15) is 4.79 Å². The second kappa shape index (κ2) is 5.53. The average Bonchev–Trinajstić information content (AvgIpc) is 2.16. The highest BCUT2D eigenvalue weighted by atomic mass is 16.6. The van der Waals surface area contributed by atoms with Crippen molar-refractivity contribution >= 4 is 6.09 Å². The number of alkyl carbamates (subject to hydrolysis) is 1. The fraction of sp³-hybridized carbons (Fsp3) is 0.917. The van der Waals surface area contributed by atoms with E-state index in [2.05, 4.69) is 10.6 Å². The summed E-state index contributed by atoms with van der Waals surface area (Å²) in [6.45, 7) is 9.74. The third-order valence-electron chi connectivity index (χ3n) is 2.79. The van der Waals surface area contributed by atoms with Gasteiger partial charge in [-0.15, -0.1) is 0 Å². The third-order valence-corrected chi connectivity index (χ3v) is 2.79. The maximum atomic E-state index is 11.6. The number of nitrogens with one attached hydrogen (secondary N) is 2. The first-order valence-electron chi connectivity index (χ1n) is 6.09. The van der Waals surface area contributed by atoms with E-state index < -0.39 is 5.60 Å². The highest BCUT2D eigenvalue weighted by Crippen LogP contribution is 2.15. The molecule has 16 heavy (non-hydrogen) atoms. The van der Waals surface area contributed by atoms with E-state index in [1.807, 2.05) is 27.7 Å². The van der Waals surface area contributed by atoms with E-state index in [1.54, 1.807) is 0 Å². The average molecular weight is 228 g/mol. The summed E-state index contributed by atoms with van der Waals surface area (Å²) in [5.41, 5.74) is -0.422. The van der Waals surface area contributed by atoms with Gasteiger partial charge in [0.2, 0.25) is 0 Å². The largest absolute Gasteiger partial charge is 0.444 e. The van der Waals surface area contributed by atoms with Crippen LogP contribution in [0.1, 0.15) is 40.5 Å². The lowest BCUT2D eigenvalue weighted by Crippen LogP contribution is -2.46. The van der Waals surface area contributed by atoms with Gasteiger partial charge in [0.05, 0.1) is 0 Å². The van der Waals surface area contributed by atoms with Crippen LogP contribution in [0.3, 0.4) is 0 Å². The number of amides is 1. The summed E-state index contributed by atoms with van der Waals surface area (Å²) >= 11 is 0. The summed E-state index contributed by atoms with van der Waals surface area (Å²) in [6, 6.07) is 0.169. The lowest BCUT2D eigenvalue weighted by molar-refractivity contribution is 0.0487. The molecule has 4 nitrogen and oxygen atoms in total. The number of hydrogen-bond acceptors (Lipinski definition) is 3. The van der Waals surface area contributed by atoms with Crippen molar-refractivity contribution in [2.45, 2.75) is 52.2 Å². The van der Waals surface area contributed by atoms with E-state index in [0.29, 0.717) is 5.92 Å². The van der Waals surface area contributed by atoms with Crippen LogP contribution in [0.2, 0.25) is 0 Å². The molecule has 94 valence electrons. The highest BCUT2D eigenvalue weighted by Gasteiger charge is 2.23. The number of carbonyl (C=O) groups is 1. The van der Waals surface area contributed by atoms with E-state index in [4.69, 9.17) is 4.74 Å². The minimum Gasteiger partial charge on any atom is -0.444 e. The second-order valence-electron chi connectivity index (χ2n) is 5.54. The van der Waals surface area contributed by atoms with Crippen molar-refractivity contribution in [2.75, 3.05) is 13.1 Å². The summed E-state index contributed by atoms with van der Waals surface area (Å²) in [5, 5.41) is 6.25. The van der Waals surface area contributed by atoms with Crippen LogP contribution in [0.25, 0.3) is 0 Å². The van der Waals surface area contributed by atoms with E-state index >= 15 is 0 Å². The van der Waals surface area contributed by atoms with Crippen molar-refractivity contribution in [1.29, 1.82) is 0 Å². The van der Waals surface area contributed by atoms with Gasteiger partial charge in [0.15, 0.2) is 0 Å². The Kier molecular flexibility index (Phi) is 4.59. The van der Waals surface area contributed by atoms with Gasteiger partial charge in [0.25, 0.3) is 0 Å². The first-order chi connectivity index (χ1) is 7.38. The molecule has 4 heteroatoms. The molecule has 0 aliphatic carbocycles. The molecule has 0 radical (unpaired) electrons. The Morgan fingerprint density at radius 1 is 1.50 bits per heavy atom. The molecule has 2 atom stereocenters. The molecule has 0 aromatic heterocycles. The monoisotopic (exact) mass is 228 g/mol. The Hall–Kier alpha value is -0.770. The maximum Gasteiger partial charge on any atom is 0.407 e. The molecule has 0 unspecified atom stereocenters. The molecule has 1 fully saturated rings. The molecule has 0 bridgehead atoms. The van der Waals surface area contributed by atoms with Crippen LogP contribution in [0.5, 0.6) is 0 Å². The molecule has 1 rings (SSSR count). The molecular weight excluding hydrogens is 204 g/mol. The molecule has 0 saturated carbocycles. The van der Waals surface area contributed by atoms with Gasteiger partial charge < -0.3 is 15.4 Å². The van der Waals surface area contributed by atoms with Gasteiger partial charge >= 0.3 is 6.09 Å². The smallest absolute Gasteiger partial charge is 0.407 e. The van der Waals surface area contributed by atoms with Crippen LogP contribution in [0.4, 0.5) is 4.79 Å². The molecule has 1 saturated heterocycles. The molecule has 2 N–H and O–H groups in total. The van der Waals surface area contributed by atoms with Crippen molar-refractivity contribution < 1.29 is 9.53 Å². The predicted octanol–water partition coefficient (Wildman–Crippen LogP) is 1.90. The zero-order chi connectivity index (χ0) is 12.2. The van der Waals surface area contributed by atoms with Crippen molar-refractivity contribution in [1.82, 2.24) is 10.6 Å². The number of ether oxygens (including phenoxy) is 1. The first kappa shape index (κ1) is 13.3. The quantitative estimate of drug-likeness (QED) is 0.759. The highest BCUT2D eigenvalue weighted by molar-refractivity contribution is 5.68. The van der Waals surface area contributed by atoms with Gasteiger partial charge in [-0.3, -0.25) is 0 Å². The van der Waals surface area contributed by atoms with E-state index in [1.165, 1.54) is 12.8 Å². The Morgan fingerprint density at radius 3 is 2.69 bits per heavy atom. The van der Waals surface area contributed by atoms with Crippen molar-refractivity contribution in [3.05, 3.63) is 0 Å². The summed E-state index contributed by atoms with van der Waals surface area (Å²) in [7, 11) is 0. The number of carbonyl (C=O) groups excluding carboxylic acids is 1. The van der Waals surface area contributed by atoms with Gasteiger partial charge in [-0.05, 0) is 59.5 Å². The SMILES string of the molecule is C[C@@H](NC(=O)OC(C)(C)C)[C@H]1CCCNC1. The van der Waals surface area contributed by atoms with Crippen LogP contribution < -0.4 is 10.6 Å². The summed E-state index contributed by atoms with van der Waals surface area (Å²) in [6.07, 6.45) is 2.04. The molecule has 1 heterocycles. The fourth-order valence-electron chi connectivity index (χ4n) is 1.92. The molecule has 1 amide bonds. The van der Waals surface area contributed by atoms with Gasteiger partial charge in [0.1, 0.15) is 5.60 Å². The van der Waals surface area contributed by atoms with Crippen LogP contribution in [0, 0.1) is 5.92 Å². The zero-order valence-electron chi connectivity index (χ0n) is 10.8. The summed E-state index contributed by atoms with van der Waals surface area (Å²) in [4.78, 5) is 11.6. The standard InChI is InChI=1S/C12H24N2O2/c1-9(10-6-5-7-13-8-10)14-11(15)16-12(2,3)4/h9-10,13H,5-8H2,1-4H3,(H,14,15)/t9-,10+/m1/s1. The topological polar surface area (TPSA) is 50.4 Å². The van der Waals surface area contributed by atoms with Crippen LogP contribution >= 0.6 is 0 Å². The normalized spacial score (nSPS) is 23.6. The molecule has 0 aromatic carbocycles. The lowest BCUT2D eigenvalue weighted by Gasteiger charge is -2.29. The van der Waals surface area contributed by atoms with Crippen LogP contribution in [-0.2, 0) is 4.74 Å². The Labute approximate surface area is 98.1 Å².